The van der Waals surface area contributed by atoms with Crippen molar-refractivity contribution in [3.8, 4) is 17.2 Å². The van der Waals surface area contributed by atoms with Crippen LogP contribution in [0.5, 0.6) is 17.2 Å². The minimum absolute atomic E-state index is 0.513. The second kappa shape index (κ2) is 8.88. The molecule has 0 atom stereocenters. The molecule has 3 heteroatoms. The molecule has 3 nitrogen and oxygen atoms in total. The van der Waals surface area contributed by atoms with Gasteiger partial charge in [0.1, 0.15) is 17.2 Å². The summed E-state index contributed by atoms with van der Waals surface area (Å²) in [7, 11) is 0. The standard InChI is InChI=1S/C19H21O3/c1-2-3-4-5-14-21-17-10-12-19(13-11-17)22-18-8-6-16(15-20)7-9-18/h6-13H,2-5,14H2,1H3. The number of unbranched alkanes of at least 4 members (excludes halogenated alkanes) is 3. The van der Waals surface area contributed by atoms with Crippen molar-refractivity contribution in [1.29, 1.82) is 0 Å². The van der Waals surface area contributed by atoms with Gasteiger partial charge in [-0.1, -0.05) is 26.2 Å². The fraction of sp³-hybridized carbons (Fsp3) is 0.316. The van der Waals surface area contributed by atoms with Gasteiger partial charge in [-0.3, -0.25) is 4.79 Å². The van der Waals surface area contributed by atoms with Gasteiger partial charge in [0.25, 0.3) is 0 Å². The topological polar surface area (TPSA) is 35.5 Å². The lowest BCUT2D eigenvalue weighted by atomic mass is 10.2. The Balaban J connectivity index is 1.81. The van der Waals surface area contributed by atoms with Gasteiger partial charge in [0.2, 0.25) is 6.29 Å². The van der Waals surface area contributed by atoms with Gasteiger partial charge in [0.15, 0.2) is 0 Å². The molecule has 0 bridgehead atoms. The molecule has 0 aliphatic heterocycles. The highest BCUT2D eigenvalue weighted by molar-refractivity contribution is 5.75. The summed E-state index contributed by atoms with van der Waals surface area (Å²) in [5.41, 5.74) is 0.513. The van der Waals surface area contributed by atoms with Gasteiger partial charge >= 0.3 is 0 Å². The van der Waals surface area contributed by atoms with E-state index in [1.54, 1.807) is 24.3 Å². The van der Waals surface area contributed by atoms with Crippen LogP contribution in [-0.4, -0.2) is 12.9 Å². The lowest BCUT2D eigenvalue weighted by molar-refractivity contribution is 0.304. The Kier molecular flexibility index (Phi) is 6.49. The third-order valence-corrected chi connectivity index (χ3v) is 3.30. The largest absolute Gasteiger partial charge is 0.494 e. The average molecular weight is 297 g/mol. The summed E-state index contributed by atoms with van der Waals surface area (Å²) in [6, 6.07) is 14.4. The number of ether oxygens (including phenoxy) is 2. The predicted molar refractivity (Wildman–Crippen MR) is 87.4 cm³/mol. The summed E-state index contributed by atoms with van der Waals surface area (Å²) in [6.45, 7) is 2.95. The van der Waals surface area contributed by atoms with E-state index in [0.29, 0.717) is 11.3 Å². The van der Waals surface area contributed by atoms with E-state index in [1.165, 1.54) is 19.3 Å². The summed E-state index contributed by atoms with van der Waals surface area (Å²) < 4.78 is 11.4. The summed E-state index contributed by atoms with van der Waals surface area (Å²) in [6.07, 6.45) is 6.63. The Hall–Kier alpha value is -2.29. The van der Waals surface area contributed by atoms with Crippen molar-refractivity contribution >= 4 is 6.29 Å². The maximum Gasteiger partial charge on any atom is 0.233 e. The SMILES string of the molecule is CCCCCCOc1ccc(Oc2ccc([C]=O)cc2)cc1. The first-order chi connectivity index (χ1) is 10.8. The monoisotopic (exact) mass is 297 g/mol. The van der Waals surface area contributed by atoms with E-state index in [0.717, 1.165) is 24.5 Å². The van der Waals surface area contributed by atoms with Gasteiger partial charge in [-0.25, -0.2) is 0 Å². The number of hydrogen-bond donors (Lipinski definition) is 0. The van der Waals surface area contributed by atoms with E-state index in [4.69, 9.17) is 9.47 Å². The quantitative estimate of drug-likeness (QED) is 0.618. The van der Waals surface area contributed by atoms with Gasteiger partial charge in [-0.15, -0.1) is 0 Å². The Bertz CT molecular complexity index is 558. The molecule has 0 aliphatic carbocycles. The van der Waals surface area contributed by atoms with E-state index in [9.17, 15) is 4.79 Å². The van der Waals surface area contributed by atoms with Gasteiger partial charge < -0.3 is 9.47 Å². The number of hydrogen-bond acceptors (Lipinski definition) is 3. The molecule has 0 spiro atoms. The van der Waals surface area contributed by atoms with Crippen LogP contribution >= 0.6 is 0 Å². The molecular weight excluding hydrogens is 276 g/mol. The summed E-state index contributed by atoms with van der Waals surface area (Å²) >= 11 is 0. The second-order valence-electron chi connectivity index (χ2n) is 5.11. The molecule has 22 heavy (non-hydrogen) atoms. The van der Waals surface area contributed by atoms with Gasteiger partial charge in [-0.05, 0) is 55.0 Å². The van der Waals surface area contributed by atoms with Crippen LogP contribution in [0.3, 0.4) is 0 Å². The van der Waals surface area contributed by atoms with Gasteiger partial charge in [-0.2, -0.15) is 0 Å². The van der Waals surface area contributed by atoms with Crippen molar-refractivity contribution < 1.29 is 14.3 Å². The molecule has 0 fully saturated rings. The minimum Gasteiger partial charge on any atom is -0.494 e. The lowest BCUT2D eigenvalue weighted by Crippen LogP contribution is -1.97. The van der Waals surface area contributed by atoms with E-state index < -0.39 is 0 Å². The Morgan fingerprint density at radius 3 is 2.00 bits per heavy atom. The molecule has 0 heterocycles. The zero-order valence-electron chi connectivity index (χ0n) is 12.9. The van der Waals surface area contributed by atoms with Crippen LogP contribution in [0.15, 0.2) is 48.5 Å². The van der Waals surface area contributed by atoms with Crippen LogP contribution in [0.2, 0.25) is 0 Å². The Morgan fingerprint density at radius 2 is 1.41 bits per heavy atom. The molecule has 2 rings (SSSR count). The normalized spacial score (nSPS) is 10.2. The molecule has 0 N–H and O–H groups in total. The fourth-order valence-corrected chi connectivity index (χ4v) is 2.05. The lowest BCUT2D eigenvalue weighted by Gasteiger charge is -2.08. The molecule has 1 radical (unpaired) electrons. The highest BCUT2D eigenvalue weighted by Crippen LogP contribution is 2.24. The molecule has 0 saturated heterocycles. The van der Waals surface area contributed by atoms with Crippen LogP contribution in [0.25, 0.3) is 0 Å². The van der Waals surface area contributed by atoms with Crippen molar-refractivity contribution in [2.24, 2.45) is 0 Å². The summed E-state index contributed by atoms with van der Waals surface area (Å²) in [5, 5.41) is 0. The van der Waals surface area contributed by atoms with E-state index in [2.05, 4.69) is 6.92 Å². The molecule has 0 unspecified atom stereocenters. The number of rotatable bonds is 9. The molecule has 0 aliphatic rings. The predicted octanol–water partition coefficient (Wildman–Crippen LogP) is 4.90. The highest BCUT2D eigenvalue weighted by atomic mass is 16.5. The first-order valence-electron chi connectivity index (χ1n) is 7.71. The van der Waals surface area contributed by atoms with Gasteiger partial charge in [0.05, 0.1) is 6.61 Å². The van der Waals surface area contributed by atoms with Gasteiger partial charge in [0, 0.05) is 5.56 Å². The van der Waals surface area contributed by atoms with Crippen LogP contribution < -0.4 is 9.47 Å². The van der Waals surface area contributed by atoms with Crippen molar-refractivity contribution in [1.82, 2.24) is 0 Å². The van der Waals surface area contributed by atoms with Crippen molar-refractivity contribution in [2.75, 3.05) is 6.61 Å². The molecule has 0 amide bonds. The maximum absolute atomic E-state index is 10.5. The Labute approximate surface area is 131 Å². The summed E-state index contributed by atoms with van der Waals surface area (Å²) in [4.78, 5) is 10.5. The van der Waals surface area contributed by atoms with Crippen LogP contribution in [0, 0.1) is 0 Å². The van der Waals surface area contributed by atoms with E-state index >= 15 is 0 Å². The molecule has 2 aromatic rings. The van der Waals surface area contributed by atoms with E-state index in [-0.39, 0.29) is 0 Å². The minimum atomic E-state index is 0.513. The zero-order chi connectivity index (χ0) is 15.6. The van der Waals surface area contributed by atoms with Crippen molar-refractivity contribution in [2.45, 2.75) is 32.6 Å². The van der Waals surface area contributed by atoms with Crippen molar-refractivity contribution in [3.05, 3.63) is 54.1 Å². The maximum atomic E-state index is 10.5. The molecular formula is C19H21O3. The first-order valence-corrected chi connectivity index (χ1v) is 7.71. The smallest absolute Gasteiger partial charge is 0.233 e. The van der Waals surface area contributed by atoms with Crippen LogP contribution in [0.4, 0.5) is 0 Å². The molecule has 0 aromatic heterocycles. The van der Waals surface area contributed by atoms with Crippen LogP contribution in [0.1, 0.15) is 38.2 Å². The first kappa shape index (κ1) is 16.1. The van der Waals surface area contributed by atoms with Crippen molar-refractivity contribution in [3.63, 3.8) is 0 Å². The number of carbonyl (C=O) groups excluding carboxylic acids is 1. The fourth-order valence-electron chi connectivity index (χ4n) is 2.05. The zero-order valence-corrected chi connectivity index (χ0v) is 12.9. The third-order valence-electron chi connectivity index (χ3n) is 3.30. The molecule has 0 saturated carbocycles. The number of benzene rings is 2. The molecule has 2 aromatic carbocycles. The Morgan fingerprint density at radius 1 is 0.818 bits per heavy atom. The third kappa shape index (κ3) is 5.24. The second-order valence-corrected chi connectivity index (χ2v) is 5.11. The van der Waals surface area contributed by atoms with Crippen LogP contribution in [-0.2, 0) is 4.79 Å². The highest BCUT2D eigenvalue weighted by Gasteiger charge is 2.00. The summed E-state index contributed by atoms with van der Waals surface area (Å²) in [5.74, 6) is 2.28. The molecule has 115 valence electrons. The average Bonchev–Trinajstić information content (AvgIpc) is 2.57. The van der Waals surface area contributed by atoms with E-state index in [1.807, 2.05) is 30.6 Å².